The molecule has 1 N–H and O–H groups in total. The predicted molar refractivity (Wildman–Crippen MR) is 90.1 cm³/mol. The molecule has 0 unspecified atom stereocenters. The Morgan fingerprint density at radius 3 is 2.48 bits per heavy atom. The van der Waals surface area contributed by atoms with Crippen LogP contribution in [0.1, 0.15) is 22.8 Å². The second kappa shape index (κ2) is 7.43. The van der Waals surface area contributed by atoms with Crippen LogP contribution < -0.4 is 14.8 Å². The Kier molecular flexibility index (Phi) is 5.33. The molecule has 0 heterocycles. The second-order valence-electron chi connectivity index (χ2n) is 5.12. The van der Waals surface area contributed by atoms with Crippen LogP contribution in [0.5, 0.6) is 11.5 Å². The maximum absolute atomic E-state index is 12.4. The molecule has 1 amide bonds. The molecule has 2 aromatic carbocycles. The molecule has 2 rings (SSSR count). The second-order valence-corrected chi connectivity index (χ2v) is 5.12. The third-order valence-corrected chi connectivity index (χ3v) is 3.43. The van der Waals surface area contributed by atoms with Crippen molar-refractivity contribution in [3.63, 3.8) is 0 Å². The number of hydrogen-bond donors (Lipinski definition) is 1. The third-order valence-electron chi connectivity index (χ3n) is 3.43. The van der Waals surface area contributed by atoms with Gasteiger partial charge in [0.25, 0.3) is 11.6 Å². The maximum Gasteiger partial charge on any atom is 0.308 e. The molecule has 130 valence electrons. The highest BCUT2D eigenvalue weighted by atomic mass is 16.6. The molecule has 0 bridgehead atoms. The summed E-state index contributed by atoms with van der Waals surface area (Å²) in [5, 5.41) is 13.6. The lowest BCUT2D eigenvalue weighted by Gasteiger charge is -2.11. The Morgan fingerprint density at radius 1 is 1.16 bits per heavy atom. The summed E-state index contributed by atoms with van der Waals surface area (Å²) in [7, 11) is 1.38. The van der Waals surface area contributed by atoms with Gasteiger partial charge in [-0.15, -0.1) is 0 Å². The number of benzene rings is 2. The van der Waals surface area contributed by atoms with E-state index >= 15 is 0 Å². The zero-order chi connectivity index (χ0) is 18.6. The third kappa shape index (κ3) is 4.11. The number of nitro groups is 1. The number of esters is 1. The molecule has 8 heteroatoms. The summed E-state index contributed by atoms with van der Waals surface area (Å²) in [6.45, 7) is 2.81. The van der Waals surface area contributed by atoms with Crippen molar-refractivity contribution in [2.24, 2.45) is 0 Å². The molecule has 0 saturated heterocycles. The van der Waals surface area contributed by atoms with Crippen LogP contribution in [0.3, 0.4) is 0 Å². The normalized spacial score (nSPS) is 10.0. The highest BCUT2D eigenvalue weighted by Gasteiger charge is 2.17. The van der Waals surface area contributed by atoms with Crippen molar-refractivity contribution >= 4 is 23.3 Å². The monoisotopic (exact) mass is 344 g/mol. The SMILES string of the molecule is COc1cc(C(=O)Nc2cccc([N+](=O)[O-])c2C)ccc1OC(C)=O. The standard InChI is InChI=1S/C17H16N2O6/c1-10-13(5-4-6-14(10)19(22)23)18-17(21)12-7-8-15(25-11(2)20)16(9-12)24-3/h4-9H,1-3H3,(H,18,21). The average Bonchev–Trinajstić information content (AvgIpc) is 2.56. The average molecular weight is 344 g/mol. The van der Waals surface area contributed by atoms with E-state index in [0.717, 1.165) is 0 Å². The van der Waals surface area contributed by atoms with Gasteiger partial charge in [0.1, 0.15) is 0 Å². The lowest BCUT2D eigenvalue weighted by Crippen LogP contribution is -2.13. The van der Waals surface area contributed by atoms with Gasteiger partial charge in [-0.05, 0) is 31.2 Å². The predicted octanol–water partition coefficient (Wildman–Crippen LogP) is 3.09. The van der Waals surface area contributed by atoms with E-state index in [1.165, 1.54) is 44.4 Å². The molecule has 0 aromatic heterocycles. The van der Waals surface area contributed by atoms with E-state index in [9.17, 15) is 19.7 Å². The van der Waals surface area contributed by atoms with E-state index in [1.54, 1.807) is 13.0 Å². The number of nitrogens with one attached hydrogen (secondary N) is 1. The van der Waals surface area contributed by atoms with E-state index in [-0.39, 0.29) is 22.7 Å². The zero-order valence-electron chi connectivity index (χ0n) is 13.9. The van der Waals surface area contributed by atoms with E-state index in [1.807, 2.05) is 0 Å². The lowest BCUT2D eigenvalue weighted by atomic mass is 10.1. The first kappa shape index (κ1) is 17.9. The number of carbonyl (C=O) groups excluding carboxylic acids is 2. The Bertz CT molecular complexity index is 847. The molecule has 8 nitrogen and oxygen atoms in total. The van der Waals surface area contributed by atoms with Crippen molar-refractivity contribution in [3.05, 3.63) is 57.6 Å². The number of ether oxygens (including phenoxy) is 2. The molecule has 0 aliphatic rings. The van der Waals surface area contributed by atoms with Gasteiger partial charge in [0.2, 0.25) is 0 Å². The van der Waals surface area contributed by atoms with Gasteiger partial charge in [0.15, 0.2) is 11.5 Å². The largest absolute Gasteiger partial charge is 0.493 e. The van der Waals surface area contributed by atoms with Gasteiger partial charge in [-0.25, -0.2) is 0 Å². The van der Waals surface area contributed by atoms with Crippen LogP contribution in [0, 0.1) is 17.0 Å². The van der Waals surface area contributed by atoms with E-state index in [0.29, 0.717) is 11.3 Å². The molecule has 2 aromatic rings. The number of carbonyl (C=O) groups is 2. The van der Waals surface area contributed by atoms with Gasteiger partial charge in [0, 0.05) is 18.6 Å². The number of amides is 1. The van der Waals surface area contributed by atoms with Crippen molar-refractivity contribution in [1.29, 1.82) is 0 Å². The fourth-order valence-corrected chi connectivity index (χ4v) is 2.20. The summed E-state index contributed by atoms with van der Waals surface area (Å²) in [6.07, 6.45) is 0. The Balaban J connectivity index is 2.28. The van der Waals surface area contributed by atoms with Crippen LogP contribution in [-0.4, -0.2) is 23.9 Å². The van der Waals surface area contributed by atoms with Crippen molar-refractivity contribution in [1.82, 2.24) is 0 Å². The fourth-order valence-electron chi connectivity index (χ4n) is 2.20. The van der Waals surface area contributed by atoms with Gasteiger partial charge >= 0.3 is 5.97 Å². The summed E-state index contributed by atoms with van der Waals surface area (Å²) >= 11 is 0. The summed E-state index contributed by atoms with van der Waals surface area (Å²) in [5.74, 6) is -0.573. The van der Waals surface area contributed by atoms with Crippen LogP contribution in [0.15, 0.2) is 36.4 Å². The van der Waals surface area contributed by atoms with Crippen molar-refractivity contribution < 1.29 is 24.0 Å². The lowest BCUT2D eigenvalue weighted by molar-refractivity contribution is -0.385. The van der Waals surface area contributed by atoms with Gasteiger partial charge in [-0.3, -0.25) is 19.7 Å². The quantitative estimate of drug-likeness (QED) is 0.386. The Hall–Kier alpha value is -3.42. The molecule has 0 radical (unpaired) electrons. The van der Waals surface area contributed by atoms with Crippen molar-refractivity contribution in [2.45, 2.75) is 13.8 Å². The van der Waals surface area contributed by atoms with Crippen LogP contribution >= 0.6 is 0 Å². The van der Waals surface area contributed by atoms with Crippen LogP contribution in [0.4, 0.5) is 11.4 Å². The minimum atomic E-state index is -0.512. The van der Waals surface area contributed by atoms with Crippen molar-refractivity contribution in [3.8, 4) is 11.5 Å². The number of methoxy groups -OCH3 is 1. The summed E-state index contributed by atoms with van der Waals surface area (Å²) in [4.78, 5) is 33.9. The Morgan fingerprint density at radius 2 is 1.88 bits per heavy atom. The molecule has 0 spiro atoms. The molecule has 25 heavy (non-hydrogen) atoms. The highest BCUT2D eigenvalue weighted by molar-refractivity contribution is 6.05. The first-order valence-electron chi connectivity index (χ1n) is 7.25. The van der Waals surface area contributed by atoms with E-state index in [2.05, 4.69) is 5.32 Å². The molecule has 0 atom stereocenters. The van der Waals surface area contributed by atoms with Crippen molar-refractivity contribution in [2.75, 3.05) is 12.4 Å². The zero-order valence-corrected chi connectivity index (χ0v) is 13.9. The first-order valence-corrected chi connectivity index (χ1v) is 7.25. The summed E-state index contributed by atoms with van der Waals surface area (Å²) < 4.78 is 10.1. The molecule has 0 aliphatic heterocycles. The van der Waals surface area contributed by atoms with Crippen LogP contribution in [-0.2, 0) is 4.79 Å². The number of nitrogens with zero attached hydrogens (tertiary/aromatic N) is 1. The maximum atomic E-state index is 12.4. The number of nitro benzene ring substituents is 1. The Labute approximate surface area is 143 Å². The molecular weight excluding hydrogens is 328 g/mol. The van der Waals surface area contributed by atoms with Gasteiger partial charge < -0.3 is 14.8 Å². The molecule has 0 saturated carbocycles. The fraction of sp³-hybridized carbons (Fsp3) is 0.176. The van der Waals surface area contributed by atoms with Crippen LogP contribution in [0.25, 0.3) is 0 Å². The minimum absolute atomic E-state index is 0.0828. The van der Waals surface area contributed by atoms with E-state index < -0.39 is 16.8 Å². The number of rotatable bonds is 5. The first-order chi connectivity index (χ1) is 11.8. The van der Waals surface area contributed by atoms with Gasteiger partial charge in [-0.2, -0.15) is 0 Å². The number of anilines is 1. The minimum Gasteiger partial charge on any atom is -0.493 e. The summed E-state index contributed by atoms with van der Waals surface area (Å²) in [5.41, 5.74) is 0.853. The number of hydrogen-bond acceptors (Lipinski definition) is 6. The van der Waals surface area contributed by atoms with Gasteiger partial charge in [0.05, 0.1) is 23.3 Å². The molecule has 0 aliphatic carbocycles. The molecule has 0 fully saturated rings. The molecular formula is C17H16N2O6. The van der Waals surface area contributed by atoms with Crippen LogP contribution in [0.2, 0.25) is 0 Å². The highest BCUT2D eigenvalue weighted by Crippen LogP contribution is 2.29. The van der Waals surface area contributed by atoms with Gasteiger partial charge in [-0.1, -0.05) is 6.07 Å². The topological polar surface area (TPSA) is 108 Å². The smallest absolute Gasteiger partial charge is 0.308 e. The van der Waals surface area contributed by atoms with E-state index in [4.69, 9.17) is 9.47 Å². The summed E-state index contributed by atoms with van der Waals surface area (Å²) in [6, 6.07) is 8.75.